The van der Waals surface area contributed by atoms with Crippen molar-refractivity contribution in [1.82, 2.24) is 10.3 Å². The van der Waals surface area contributed by atoms with E-state index in [0.717, 1.165) is 36.0 Å². The molecule has 1 aliphatic carbocycles. The SMILES string of the molecule is C=CCN(c1cc(CNCC)c(Cl)cn1)C1CC1. The summed E-state index contributed by atoms with van der Waals surface area (Å²) in [5.74, 6) is 1.01. The van der Waals surface area contributed by atoms with Gasteiger partial charge in [0.2, 0.25) is 0 Å². The largest absolute Gasteiger partial charge is 0.350 e. The lowest BCUT2D eigenvalue weighted by Gasteiger charge is -2.22. The number of pyridine rings is 1. The van der Waals surface area contributed by atoms with E-state index in [1.54, 1.807) is 6.20 Å². The molecule has 1 N–H and O–H groups in total. The molecule has 4 heteroatoms. The number of aromatic nitrogens is 1. The van der Waals surface area contributed by atoms with Gasteiger partial charge in [-0.15, -0.1) is 6.58 Å². The highest BCUT2D eigenvalue weighted by Gasteiger charge is 2.29. The fourth-order valence-corrected chi connectivity index (χ4v) is 2.15. The van der Waals surface area contributed by atoms with Crippen molar-refractivity contribution in [2.24, 2.45) is 0 Å². The number of nitrogens with one attached hydrogen (secondary N) is 1. The van der Waals surface area contributed by atoms with Gasteiger partial charge in [0.1, 0.15) is 5.82 Å². The van der Waals surface area contributed by atoms with E-state index in [1.807, 2.05) is 6.08 Å². The minimum atomic E-state index is 0.628. The maximum absolute atomic E-state index is 6.17. The van der Waals surface area contributed by atoms with Crippen LogP contribution in [0.5, 0.6) is 0 Å². The van der Waals surface area contributed by atoms with Crippen molar-refractivity contribution in [2.75, 3.05) is 18.0 Å². The lowest BCUT2D eigenvalue weighted by Crippen LogP contribution is -2.26. The highest BCUT2D eigenvalue weighted by atomic mass is 35.5. The molecule has 1 heterocycles. The lowest BCUT2D eigenvalue weighted by atomic mass is 10.2. The zero-order valence-corrected chi connectivity index (χ0v) is 11.6. The Hall–Kier alpha value is -1.06. The minimum absolute atomic E-state index is 0.628. The molecule has 1 aliphatic rings. The maximum atomic E-state index is 6.17. The summed E-state index contributed by atoms with van der Waals surface area (Å²) in [7, 11) is 0. The van der Waals surface area contributed by atoms with E-state index in [2.05, 4.69) is 34.8 Å². The minimum Gasteiger partial charge on any atom is -0.350 e. The van der Waals surface area contributed by atoms with Gasteiger partial charge in [-0.2, -0.15) is 0 Å². The third-order valence-electron chi connectivity index (χ3n) is 3.09. The van der Waals surface area contributed by atoms with Crippen molar-refractivity contribution in [3.8, 4) is 0 Å². The first-order chi connectivity index (χ1) is 8.76. The summed E-state index contributed by atoms with van der Waals surface area (Å²) in [6, 6.07) is 2.72. The van der Waals surface area contributed by atoms with Gasteiger partial charge in [-0.05, 0) is 31.0 Å². The van der Waals surface area contributed by atoms with E-state index < -0.39 is 0 Å². The van der Waals surface area contributed by atoms with E-state index in [0.29, 0.717) is 6.04 Å². The van der Waals surface area contributed by atoms with Gasteiger partial charge >= 0.3 is 0 Å². The molecule has 98 valence electrons. The first kappa shape index (κ1) is 13.4. The normalized spacial score (nSPS) is 14.6. The Morgan fingerprint density at radius 3 is 3.00 bits per heavy atom. The third-order valence-corrected chi connectivity index (χ3v) is 3.43. The van der Waals surface area contributed by atoms with Crippen molar-refractivity contribution in [3.05, 3.63) is 35.5 Å². The number of rotatable bonds is 7. The fourth-order valence-electron chi connectivity index (χ4n) is 1.97. The van der Waals surface area contributed by atoms with Crippen molar-refractivity contribution in [2.45, 2.75) is 32.4 Å². The smallest absolute Gasteiger partial charge is 0.129 e. The fraction of sp³-hybridized carbons (Fsp3) is 0.500. The summed E-state index contributed by atoms with van der Waals surface area (Å²) in [4.78, 5) is 6.75. The number of hydrogen-bond donors (Lipinski definition) is 1. The van der Waals surface area contributed by atoms with Gasteiger partial charge in [0.25, 0.3) is 0 Å². The van der Waals surface area contributed by atoms with Crippen molar-refractivity contribution >= 4 is 17.4 Å². The second-order valence-corrected chi connectivity index (χ2v) is 4.99. The van der Waals surface area contributed by atoms with E-state index in [4.69, 9.17) is 11.6 Å². The zero-order chi connectivity index (χ0) is 13.0. The summed E-state index contributed by atoms with van der Waals surface area (Å²) in [6.45, 7) is 8.48. The Morgan fingerprint density at radius 1 is 1.61 bits per heavy atom. The molecule has 1 fully saturated rings. The van der Waals surface area contributed by atoms with Crippen LogP contribution >= 0.6 is 11.6 Å². The second kappa shape index (κ2) is 6.21. The van der Waals surface area contributed by atoms with Gasteiger partial charge in [-0.1, -0.05) is 24.6 Å². The van der Waals surface area contributed by atoms with E-state index in [9.17, 15) is 0 Å². The molecule has 1 saturated carbocycles. The average Bonchev–Trinajstić information content (AvgIpc) is 3.19. The monoisotopic (exact) mass is 265 g/mol. The van der Waals surface area contributed by atoms with Crippen LogP contribution in [0, 0.1) is 0 Å². The van der Waals surface area contributed by atoms with Crippen LogP contribution in [0.25, 0.3) is 0 Å². The molecule has 2 rings (SSSR count). The lowest BCUT2D eigenvalue weighted by molar-refractivity contribution is 0.724. The molecule has 0 radical (unpaired) electrons. The number of halogens is 1. The topological polar surface area (TPSA) is 28.2 Å². The first-order valence-electron chi connectivity index (χ1n) is 6.49. The van der Waals surface area contributed by atoms with Crippen LogP contribution in [0.2, 0.25) is 5.02 Å². The van der Waals surface area contributed by atoms with Crippen LogP contribution in [0.1, 0.15) is 25.3 Å². The molecule has 0 unspecified atom stereocenters. The van der Waals surface area contributed by atoms with Crippen molar-refractivity contribution < 1.29 is 0 Å². The average molecular weight is 266 g/mol. The Balaban J connectivity index is 2.18. The molecule has 0 aromatic carbocycles. The van der Waals surface area contributed by atoms with Crippen LogP contribution in [0.3, 0.4) is 0 Å². The standard InChI is InChI=1S/C14H20ClN3/c1-3-7-18(12-5-6-12)14-8-11(9-16-4-2)13(15)10-17-14/h3,8,10,12,16H,1,4-7,9H2,2H3. The molecule has 0 aliphatic heterocycles. The Labute approximate surface area is 114 Å². The van der Waals surface area contributed by atoms with Crippen LogP contribution < -0.4 is 10.2 Å². The molecule has 18 heavy (non-hydrogen) atoms. The molecule has 0 bridgehead atoms. The summed E-state index contributed by atoms with van der Waals surface area (Å²) < 4.78 is 0. The van der Waals surface area contributed by atoms with Crippen molar-refractivity contribution in [1.29, 1.82) is 0 Å². The summed E-state index contributed by atoms with van der Waals surface area (Å²) in [5, 5.41) is 4.03. The molecule has 0 amide bonds. The first-order valence-corrected chi connectivity index (χ1v) is 6.86. The van der Waals surface area contributed by atoms with Crippen LogP contribution in [0.15, 0.2) is 24.9 Å². The number of anilines is 1. The van der Waals surface area contributed by atoms with Gasteiger partial charge in [-0.3, -0.25) is 0 Å². The van der Waals surface area contributed by atoms with E-state index >= 15 is 0 Å². The molecule has 1 aromatic heterocycles. The number of hydrogen-bond acceptors (Lipinski definition) is 3. The summed E-state index contributed by atoms with van der Waals surface area (Å²) in [6.07, 6.45) is 6.18. The predicted octanol–water partition coefficient (Wildman–Crippen LogP) is 3.00. The Bertz CT molecular complexity index is 416. The van der Waals surface area contributed by atoms with Gasteiger partial charge in [0.15, 0.2) is 0 Å². The van der Waals surface area contributed by atoms with Crippen molar-refractivity contribution in [3.63, 3.8) is 0 Å². The molecular formula is C14H20ClN3. The number of nitrogens with zero attached hydrogens (tertiary/aromatic N) is 2. The molecule has 3 nitrogen and oxygen atoms in total. The Kier molecular flexibility index (Phi) is 4.61. The van der Waals surface area contributed by atoms with Gasteiger partial charge < -0.3 is 10.2 Å². The molecule has 0 saturated heterocycles. The van der Waals surface area contributed by atoms with Crippen LogP contribution in [-0.2, 0) is 6.54 Å². The third kappa shape index (κ3) is 3.24. The van der Waals surface area contributed by atoms with E-state index in [1.165, 1.54) is 12.8 Å². The Morgan fingerprint density at radius 2 is 2.39 bits per heavy atom. The highest BCUT2D eigenvalue weighted by molar-refractivity contribution is 6.31. The summed E-state index contributed by atoms with van der Waals surface area (Å²) >= 11 is 6.17. The second-order valence-electron chi connectivity index (χ2n) is 4.59. The van der Waals surface area contributed by atoms with Crippen LogP contribution in [0.4, 0.5) is 5.82 Å². The zero-order valence-electron chi connectivity index (χ0n) is 10.8. The quantitative estimate of drug-likeness (QED) is 0.769. The molecular weight excluding hydrogens is 246 g/mol. The predicted molar refractivity (Wildman–Crippen MR) is 77.2 cm³/mol. The van der Waals surface area contributed by atoms with Gasteiger partial charge in [-0.25, -0.2) is 4.98 Å². The highest BCUT2D eigenvalue weighted by Crippen LogP contribution is 2.31. The molecule has 0 atom stereocenters. The van der Waals surface area contributed by atoms with Gasteiger partial charge in [0.05, 0.1) is 5.02 Å². The maximum Gasteiger partial charge on any atom is 0.129 e. The van der Waals surface area contributed by atoms with E-state index in [-0.39, 0.29) is 0 Å². The van der Waals surface area contributed by atoms with Gasteiger partial charge in [0, 0.05) is 25.3 Å². The van der Waals surface area contributed by atoms with Crippen LogP contribution in [-0.4, -0.2) is 24.1 Å². The molecule has 0 spiro atoms. The molecule has 1 aromatic rings. The summed E-state index contributed by atoms with van der Waals surface area (Å²) in [5.41, 5.74) is 1.11.